The number of ether oxygens (including phenoxy) is 2. The maximum Gasteiger partial charge on any atom is 0.276 e. The summed E-state index contributed by atoms with van der Waals surface area (Å²) in [4.78, 5) is 41.2. The Balaban J connectivity index is 0.883. The summed E-state index contributed by atoms with van der Waals surface area (Å²) in [6.07, 6.45) is 6.62. The predicted octanol–water partition coefficient (Wildman–Crippen LogP) is 4.36. The van der Waals surface area contributed by atoms with Crippen LogP contribution in [0, 0.1) is 0 Å². The van der Waals surface area contributed by atoms with Gasteiger partial charge in [0.15, 0.2) is 0 Å². The highest BCUT2D eigenvalue weighted by Crippen LogP contribution is 2.38. The van der Waals surface area contributed by atoms with Gasteiger partial charge in [0.05, 0.1) is 26.0 Å². The van der Waals surface area contributed by atoms with E-state index < -0.39 is 0 Å². The fourth-order valence-electron chi connectivity index (χ4n) is 8.24. The number of imide groups is 1. The summed E-state index contributed by atoms with van der Waals surface area (Å²) in [7, 11) is 5.11. The summed E-state index contributed by atoms with van der Waals surface area (Å²) in [5, 5.41) is 13.4. The minimum Gasteiger partial charge on any atom is -0.496 e. The zero-order valence-electron chi connectivity index (χ0n) is 30.5. The molecule has 3 aliphatic heterocycles. The van der Waals surface area contributed by atoms with E-state index in [-0.39, 0.29) is 23.4 Å². The van der Waals surface area contributed by atoms with Gasteiger partial charge in [-0.25, -0.2) is 0 Å². The van der Waals surface area contributed by atoms with Crippen LogP contribution >= 0.6 is 0 Å². The molecule has 0 bridgehead atoms. The lowest BCUT2D eigenvalue weighted by molar-refractivity contribution is -0.133. The Morgan fingerprint density at radius 3 is 2.36 bits per heavy atom. The second kappa shape index (κ2) is 14.6. The summed E-state index contributed by atoms with van der Waals surface area (Å²) in [6.45, 7) is 6.40. The van der Waals surface area contributed by atoms with E-state index in [2.05, 4.69) is 71.6 Å². The average molecular weight is 719 g/mol. The molecule has 6 heterocycles. The first kappa shape index (κ1) is 34.7. The number of fused-ring (bicyclic) bond motifs is 2. The number of likely N-dealkylation sites (tertiary alicyclic amines) is 1. The van der Waals surface area contributed by atoms with Crippen molar-refractivity contribution in [1.29, 1.82) is 0 Å². The molecule has 2 saturated heterocycles. The Bertz CT molecular complexity index is 2190. The molecule has 0 radical (unpaired) electrons. The first-order chi connectivity index (χ1) is 25.8. The number of rotatable bonds is 10. The molecule has 3 N–H and O–H groups in total. The molecule has 5 aromatic rings. The lowest BCUT2D eigenvalue weighted by atomic mass is 9.89. The summed E-state index contributed by atoms with van der Waals surface area (Å²) in [6, 6.07) is 16.7. The number of nitrogens with zero attached hydrogens (tertiary/aromatic N) is 5. The summed E-state index contributed by atoms with van der Waals surface area (Å²) < 4.78 is 15.9. The van der Waals surface area contributed by atoms with Gasteiger partial charge < -0.3 is 23.9 Å². The molecule has 3 aromatic heterocycles. The van der Waals surface area contributed by atoms with Crippen LogP contribution in [0.4, 0.5) is 5.69 Å². The molecule has 1 unspecified atom stereocenters. The van der Waals surface area contributed by atoms with Crippen LogP contribution in [-0.2, 0) is 42.8 Å². The fourth-order valence-corrected chi connectivity index (χ4v) is 8.24. The molecule has 2 fully saturated rings. The quantitative estimate of drug-likeness (QED) is 0.180. The highest BCUT2D eigenvalue weighted by Gasteiger charge is 2.28. The van der Waals surface area contributed by atoms with Gasteiger partial charge in [0.1, 0.15) is 23.1 Å². The van der Waals surface area contributed by atoms with Gasteiger partial charge in [0.25, 0.3) is 5.56 Å². The molecule has 276 valence electrons. The normalized spacial score (nSPS) is 18.6. The van der Waals surface area contributed by atoms with Crippen LogP contribution in [0.15, 0.2) is 65.7 Å². The molecule has 0 spiro atoms. The fraction of sp³-hybridized carbons (Fsp3) is 0.400. The van der Waals surface area contributed by atoms with E-state index in [1.807, 2.05) is 18.3 Å². The van der Waals surface area contributed by atoms with Crippen molar-refractivity contribution >= 4 is 28.4 Å². The molecule has 0 aliphatic carbocycles. The number of aromatic nitrogens is 4. The topological polar surface area (TPSA) is 139 Å². The number of aromatic amines is 1. The predicted molar refractivity (Wildman–Crippen MR) is 202 cm³/mol. The number of hydrogen-bond donors (Lipinski definition) is 3. The van der Waals surface area contributed by atoms with Gasteiger partial charge in [0.2, 0.25) is 11.8 Å². The number of pyridine rings is 1. The van der Waals surface area contributed by atoms with Crippen LogP contribution in [-0.4, -0.2) is 80.8 Å². The molecule has 3 aliphatic rings. The number of carbonyl (C=O) groups is 2. The maximum absolute atomic E-state index is 12.6. The third-order valence-electron chi connectivity index (χ3n) is 11.2. The minimum atomic E-state index is -0.371. The van der Waals surface area contributed by atoms with Crippen molar-refractivity contribution in [2.45, 2.75) is 63.8 Å². The maximum atomic E-state index is 12.6. The van der Waals surface area contributed by atoms with Crippen molar-refractivity contribution in [2.75, 3.05) is 39.2 Å². The number of amides is 2. The van der Waals surface area contributed by atoms with Crippen LogP contribution in [0.2, 0.25) is 0 Å². The Labute approximate surface area is 307 Å². The van der Waals surface area contributed by atoms with E-state index in [1.165, 1.54) is 17.0 Å². The van der Waals surface area contributed by atoms with Gasteiger partial charge >= 0.3 is 0 Å². The molecule has 13 nitrogen and oxygen atoms in total. The monoisotopic (exact) mass is 718 g/mol. The smallest absolute Gasteiger partial charge is 0.276 e. The van der Waals surface area contributed by atoms with Gasteiger partial charge in [0, 0.05) is 80.4 Å². The number of piperidine rings is 2. The number of anilines is 1. The minimum absolute atomic E-state index is 0.123. The molecule has 1 atom stereocenters. The van der Waals surface area contributed by atoms with Crippen LogP contribution in [0.1, 0.15) is 54.1 Å². The second-order valence-electron chi connectivity index (χ2n) is 14.5. The third kappa shape index (κ3) is 6.94. The standard InChI is InChI=1S/C40H46N8O5/c1-45-23-32(31-20-41-44-38(31)40(45)51)27-18-35(52-2)33(36(19-27)53-3)24-47-16-17-48-29(8-9-30(48)22-47)21-46-14-12-26(13-15-46)25-4-6-28(7-5-25)42-34-10-11-37(49)43-39(34)50/h4-9,18-20,23,26,34,42H,10-17,21-22,24H2,1-3H3,(H,41,44)(H,43,49,50). The van der Waals surface area contributed by atoms with Crippen LogP contribution in [0.5, 0.6) is 11.5 Å². The molecule has 53 heavy (non-hydrogen) atoms. The van der Waals surface area contributed by atoms with E-state index in [0.717, 1.165) is 91.4 Å². The summed E-state index contributed by atoms with van der Waals surface area (Å²) in [5.74, 6) is 1.56. The summed E-state index contributed by atoms with van der Waals surface area (Å²) in [5.41, 5.74) is 8.03. The summed E-state index contributed by atoms with van der Waals surface area (Å²) >= 11 is 0. The van der Waals surface area contributed by atoms with Gasteiger partial charge in [-0.3, -0.25) is 34.6 Å². The van der Waals surface area contributed by atoms with Crippen LogP contribution in [0.3, 0.4) is 0 Å². The Morgan fingerprint density at radius 2 is 1.64 bits per heavy atom. The van der Waals surface area contributed by atoms with Crippen molar-refractivity contribution in [3.63, 3.8) is 0 Å². The average Bonchev–Trinajstić information content (AvgIpc) is 3.83. The van der Waals surface area contributed by atoms with Crippen LogP contribution < -0.4 is 25.7 Å². The molecular formula is C40H46N8O5. The van der Waals surface area contributed by atoms with Crippen molar-refractivity contribution in [3.8, 4) is 22.6 Å². The number of nitrogens with one attached hydrogen (secondary N) is 3. The number of benzene rings is 2. The number of carbonyl (C=O) groups excluding carboxylic acids is 2. The first-order valence-corrected chi connectivity index (χ1v) is 18.4. The van der Waals surface area contributed by atoms with Crippen molar-refractivity contribution < 1.29 is 19.1 Å². The van der Waals surface area contributed by atoms with Crippen molar-refractivity contribution in [2.24, 2.45) is 7.05 Å². The molecule has 2 aromatic carbocycles. The van der Waals surface area contributed by atoms with Crippen LogP contribution in [0.25, 0.3) is 22.0 Å². The van der Waals surface area contributed by atoms with E-state index in [4.69, 9.17) is 9.47 Å². The van der Waals surface area contributed by atoms with Gasteiger partial charge in [-0.2, -0.15) is 5.10 Å². The van der Waals surface area contributed by atoms with E-state index in [1.54, 1.807) is 32.0 Å². The second-order valence-corrected chi connectivity index (χ2v) is 14.5. The van der Waals surface area contributed by atoms with Crippen molar-refractivity contribution in [3.05, 3.63) is 93.8 Å². The lowest BCUT2D eigenvalue weighted by Crippen LogP contribution is -2.47. The van der Waals surface area contributed by atoms with E-state index in [0.29, 0.717) is 30.8 Å². The highest BCUT2D eigenvalue weighted by molar-refractivity contribution is 6.01. The van der Waals surface area contributed by atoms with E-state index in [9.17, 15) is 14.4 Å². The van der Waals surface area contributed by atoms with Gasteiger partial charge in [-0.15, -0.1) is 0 Å². The van der Waals surface area contributed by atoms with E-state index >= 15 is 0 Å². The molecular weight excluding hydrogens is 672 g/mol. The third-order valence-corrected chi connectivity index (χ3v) is 11.2. The number of hydrogen-bond acceptors (Lipinski definition) is 9. The van der Waals surface area contributed by atoms with Gasteiger partial charge in [-0.05, 0) is 85.8 Å². The highest BCUT2D eigenvalue weighted by atomic mass is 16.5. The molecule has 8 rings (SSSR count). The first-order valence-electron chi connectivity index (χ1n) is 18.4. The zero-order valence-corrected chi connectivity index (χ0v) is 30.5. The van der Waals surface area contributed by atoms with Crippen molar-refractivity contribution in [1.82, 2.24) is 34.4 Å². The number of methoxy groups -OCH3 is 2. The molecule has 0 saturated carbocycles. The Kier molecular flexibility index (Phi) is 9.52. The molecule has 2 amide bonds. The lowest BCUT2D eigenvalue weighted by Gasteiger charge is -2.34. The van der Waals surface area contributed by atoms with Gasteiger partial charge in [-0.1, -0.05) is 12.1 Å². The molecule has 13 heteroatoms. The number of aryl methyl sites for hydroxylation is 1. The Morgan fingerprint density at radius 1 is 0.887 bits per heavy atom. The zero-order chi connectivity index (χ0) is 36.6. The SMILES string of the molecule is COc1cc(-c2cn(C)c(=O)c3[nH]ncc23)cc(OC)c1CN1CCn2c(CN3CCC(c4ccc(NC5CCC(=O)NC5=O)cc4)CC3)ccc2C1. The number of H-pyrrole nitrogens is 1. The largest absolute Gasteiger partial charge is 0.496 e. The Hall–Kier alpha value is -5.40.